The van der Waals surface area contributed by atoms with E-state index in [0.29, 0.717) is 5.92 Å². The van der Waals surface area contributed by atoms with E-state index in [4.69, 9.17) is 0 Å². The third-order valence-corrected chi connectivity index (χ3v) is 2.89. The Morgan fingerprint density at radius 1 is 1.00 bits per heavy atom. The summed E-state index contributed by atoms with van der Waals surface area (Å²) in [7, 11) is 0. The van der Waals surface area contributed by atoms with Crippen LogP contribution in [0.3, 0.4) is 0 Å². The Labute approximate surface area is 109 Å². The van der Waals surface area contributed by atoms with Crippen molar-refractivity contribution in [2.75, 3.05) is 0 Å². The first-order valence-corrected chi connectivity index (χ1v) is 5.76. The first-order valence-electron chi connectivity index (χ1n) is 5.76. The zero-order valence-electron chi connectivity index (χ0n) is 10.8. The minimum Gasteiger partial charge on any atom is -0.481 e. The molecule has 0 bridgehead atoms. The van der Waals surface area contributed by atoms with Crippen molar-refractivity contribution in [3.8, 4) is 0 Å². The lowest BCUT2D eigenvalue weighted by atomic mass is 9.87. The summed E-state index contributed by atoms with van der Waals surface area (Å²) in [6, 6.07) is 7.93. The summed E-state index contributed by atoms with van der Waals surface area (Å²) in [6.07, 6.45) is 0. The summed E-state index contributed by atoms with van der Waals surface area (Å²) in [5, 5.41) is 9.18. The Morgan fingerprint density at radius 2 is 1.41 bits per heavy atom. The Bertz CT molecular complexity index is 355. The predicted molar refractivity (Wildman–Crippen MR) is 73.0 cm³/mol. The average Bonchev–Trinajstić information content (AvgIpc) is 2.17. The smallest absolute Gasteiger partial charge is 0.311 e. The van der Waals surface area contributed by atoms with Crippen LogP contribution in [0.1, 0.15) is 50.7 Å². The number of aliphatic carboxylic acids is 1. The summed E-state index contributed by atoms with van der Waals surface area (Å²) in [5.74, 6) is -0.549. The second-order valence-corrected chi connectivity index (χ2v) is 4.88. The minimum atomic E-state index is -0.743. The largest absolute Gasteiger partial charge is 0.481 e. The molecule has 1 unspecified atom stereocenters. The molecule has 3 heteroatoms. The quantitative estimate of drug-likeness (QED) is 0.882. The van der Waals surface area contributed by atoms with E-state index >= 15 is 0 Å². The number of carbonyl (C=O) groups is 1. The van der Waals surface area contributed by atoms with Gasteiger partial charge in [0.1, 0.15) is 0 Å². The van der Waals surface area contributed by atoms with E-state index in [9.17, 15) is 9.90 Å². The van der Waals surface area contributed by atoms with Crippen LogP contribution in [-0.4, -0.2) is 11.1 Å². The van der Waals surface area contributed by atoms with E-state index in [0.717, 1.165) is 5.56 Å². The van der Waals surface area contributed by atoms with E-state index in [-0.39, 0.29) is 18.3 Å². The highest BCUT2D eigenvalue weighted by Crippen LogP contribution is 2.26. The number of rotatable bonds is 4. The summed E-state index contributed by atoms with van der Waals surface area (Å²) < 4.78 is 0. The SMILES string of the molecule is CC(C)c1ccc(C(C(=O)O)C(C)C)cc1.Cl. The highest BCUT2D eigenvalue weighted by molar-refractivity contribution is 5.85. The summed E-state index contributed by atoms with van der Waals surface area (Å²) in [4.78, 5) is 11.2. The first-order chi connectivity index (χ1) is 7.43. The fourth-order valence-electron chi connectivity index (χ4n) is 1.90. The molecule has 0 amide bonds. The van der Waals surface area contributed by atoms with Crippen molar-refractivity contribution < 1.29 is 9.90 Å². The molecule has 1 aromatic rings. The molecule has 1 N–H and O–H groups in total. The van der Waals surface area contributed by atoms with Crippen LogP contribution in [0.4, 0.5) is 0 Å². The van der Waals surface area contributed by atoms with Crippen molar-refractivity contribution >= 4 is 18.4 Å². The molecule has 0 heterocycles. The van der Waals surface area contributed by atoms with Gasteiger partial charge >= 0.3 is 5.97 Å². The lowest BCUT2D eigenvalue weighted by molar-refractivity contribution is -0.139. The molecule has 0 aliphatic carbocycles. The number of carboxylic acid groups (broad SMARTS) is 1. The molecule has 0 saturated heterocycles. The lowest BCUT2D eigenvalue weighted by Gasteiger charge is -2.17. The van der Waals surface area contributed by atoms with Crippen LogP contribution < -0.4 is 0 Å². The third-order valence-electron chi connectivity index (χ3n) is 2.89. The minimum absolute atomic E-state index is 0. The standard InChI is InChI=1S/C14H20O2.ClH/c1-9(2)11-5-7-12(8-6-11)13(10(3)4)14(15)16;/h5-10,13H,1-4H3,(H,15,16);1H. The van der Waals surface area contributed by atoms with Crippen LogP contribution >= 0.6 is 12.4 Å². The van der Waals surface area contributed by atoms with Crippen molar-refractivity contribution in [3.05, 3.63) is 35.4 Å². The van der Waals surface area contributed by atoms with E-state index < -0.39 is 11.9 Å². The first kappa shape index (κ1) is 16.0. The molecule has 96 valence electrons. The Kier molecular flexibility index (Phi) is 6.25. The molecule has 0 aliphatic heterocycles. The molecule has 1 atom stereocenters. The maximum atomic E-state index is 11.2. The van der Waals surface area contributed by atoms with Gasteiger partial charge in [0.05, 0.1) is 5.92 Å². The molecule has 0 saturated carbocycles. The zero-order valence-corrected chi connectivity index (χ0v) is 11.6. The predicted octanol–water partition coefficient (Wildman–Crippen LogP) is 4.06. The zero-order chi connectivity index (χ0) is 12.3. The van der Waals surface area contributed by atoms with Crippen LogP contribution in [0.15, 0.2) is 24.3 Å². The summed E-state index contributed by atoms with van der Waals surface area (Å²) in [6.45, 7) is 8.14. The maximum absolute atomic E-state index is 11.2. The van der Waals surface area contributed by atoms with Crippen molar-refractivity contribution in [2.24, 2.45) is 5.92 Å². The molecule has 1 rings (SSSR count). The van der Waals surface area contributed by atoms with E-state index in [2.05, 4.69) is 13.8 Å². The summed E-state index contributed by atoms with van der Waals surface area (Å²) >= 11 is 0. The molecule has 2 nitrogen and oxygen atoms in total. The van der Waals surface area contributed by atoms with Crippen molar-refractivity contribution in [1.82, 2.24) is 0 Å². The highest BCUT2D eigenvalue weighted by Gasteiger charge is 2.23. The Morgan fingerprint density at radius 3 is 1.71 bits per heavy atom. The van der Waals surface area contributed by atoms with Crippen molar-refractivity contribution in [3.63, 3.8) is 0 Å². The van der Waals surface area contributed by atoms with Gasteiger partial charge in [-0.1, -0.05) is 52.0 Å². The number of halogens is 1. The van der Waals surface area contributed by atoms with E-state index in [1.807, 2.05) is 38.1 Å². The van der Waals surface area contributed by atoms with Crippen LogP contribution in [0, 0.1) is 5.92 Å². The fourth-order valence-corrected chi connectivity index (χ4v) is 1.90. The van der Waals surface area contributed by atoms with Gasteiger partial charge in [0, 0.05) is 0 Å². The Hall–Kier alpha value is -1.02. The number of carboxylic acids is 1. The summed E-state index contributed by atoms with van der Waals surface area (Å²) in [5.41, 5.74) is 2.14. The van der Waals surface area contributed by atoms with Gasteiger partial charge in [0.25, 0.3) is 0 Å². The number of hydrogen-bond acceptors (Lipinski definition) is 1. The highest BCUT2D eigenvalue weighted by atomic mass is 35.5. The molecule has 0 aliphatic rings. The molecule has 0 radical (unpaired) electrons. The van der Waals surface area contributed by atoms with Gasteiger partial charge in [-0.25, -0.2) is 0 Å². The van der Waals surface area contributed by atoms with Gasteiger partial charge in [-0.15, -0.1) is 12.4 Å². The molecule has 0 aromatic heterocycles. The van der Waals surface area contributed by atoms with Crippen molar-refractivity contribution in [2.45, 2.75) is 39.5 Å². The molecule has 17 heavy (non-hydrogen) atoms. The van der Waals surface area contributed by atoms with E-state index in [1.165, 1.54) is 5.56 Å². The van der Waals surface area contributed by atoms with Gasteiger partial charge in [0.15, 0.2) is 0 Å². The third kappa shape index (κ3) is 4.04. The molecule has 1 aromatic carbocycles. The van der Waals surface area contributed by atoms with Crippen LogP contribution in [0.2, 0.25) is 0 Å². The molecule has 0 spiro atoms. The lowest BCUT2D eigenvalue weighted by Crippen LogP contribution is -2.17. The Balaban J connectivity index is 0.00000256. The van der Waals surface area contributed by atoms with Gasteiger partial charge in [-0.2, -0.15) is 0 Å². The van der Waals surface area contributed by atoms with Gasteiger partial charge in [-0.05, 0) is 23.0 Å². The number of benzene rings is 1. The van der Waals surface area contributed by atoms with E-state index in [1.54, 1.807) is 0 Å². The van der Waals surface area contributed by atoms with Crippen molar-refractivity contribution in [1.29, 1.82) is 0 Å². The molecular formula is C14H21ClO2. The van der Waals surface area contributed by atoms with Crippen LogP contribution in [0.5, 0.6) is 0 Å². The topological polar surface area (TPSA) is 37.3 Å². The van der Waals surface area contributed by atoms with Crippen LogP contribution in [-0.2, 0) is 4.79 Å². The monoisotopic (exact) mass is 256 g/mol. The number of hydrogen-bond donors (Lipinski definition) is 1. The molecule has 0 fully saturated rings. The molecular weight excluding hydrogens is 236 g/mol. The van der Waals surface area contributed by atoms with Gasteiger partial charge < -0.3 is 5.11 Å². The average molecular weight is 257 g/mol. The maximum Gasteiger partial charge on any atom is 0.311 e. The normalized spacial score (nSPS) is 12.4. The van der Waals surface area contributed by atoms with Gasteiger partial charge in [0.2, 0.25) is 0 Å². The second kappa shape index (κ2) is 6.65. The van der Waals surface area contributed by atoms with Crippen LogP contribution in [0.25, 0.3) is 0 Å². The fraction of sp³-hybridized carbons (Fsp3) is 0.500. The second-order valence-electron chi connectivity index (χ2n) is 4.88. The van der Waals surface area contributed by atoms with Gasteiger partial charge in [-0.3, -0.25) is 4.79 Å².